The maximum absolute atomic E-state index is 13.1. The zero-order valence-corrected chi connectivity index (χ0v) is 14.2. The lowest BCUT2D eigenvalue weighted by molar-refractivity contribution is -0.137. The number of urea groups is 1. The molecule has 5 nitrogen and oxygen atoms in total. The third kappa shape index (κ3) is 3.71. The number of hydrogen-bond donors (Lipinski definition) is 1. The molecule has 1 aliphatic heterocycles. The first kappa shape index (κ1) is 16.8. The molecule has 130 valence electrons. The topological polar surface area (TPSA) is 66.6 Å². The van der Waals surface area contributed by atoms with Crippen LogP contribution in [0.15, 0.2) is 30.3 Å². The molecule has 1 aromatic carbocycles. The van der Waals surface area contributed by atoms with Gasteiger partial charge in [-0.15, -0.1) is 0 Å². The van der Waals surface area contributed by atoms with Crippen molar-refractivity contribution in [2.75, 3.05) is 13.1 Å². The summed E-state index contributed by atoms with van der Waals surface area (Å²) in [6, 6.07) is 9.75. The van der Waals surface area contributed by atoms with Crippen LogP contribution in [0.4, 0.5) is 4.79 Å². The molecule has 5 heteroatoms. The number of rotatable bonds is 5. The number of likely N-dealkylation sites (tertiary alicyclic amines) is 1. The van der Waals surface area contributed by atoms with Gasteiger partial charge >= 0.3 is 6.03 Å². The summed E-state index contributed by atoms with van der Waals surface area (Å²) in [5.41, 5.74) is 6.70. The molecule has 0 unspecified atom stereocenters. The highest BCUT2D eigenvalue weighted by Gasteiger charge is 2.38. The summed E-state index contributed by atoms with van der Waals surface area (Å²) in [7, 11) is 0. The first-order valence-electron chi connectivity index (χ1n) is 9.07. The molecule has 1 saturated heterocycles. The summed E-state index contributed by atoms with van der Waals surface area (Å²) in [5, 5.41) is 0. The van der Waals surface area contributed by atoms with Gasteiger partial charge in [0.15, 0.2) is 0 Å². The molecule has 2 fully saturated rings. The quantitative estimate of drug-likeness (QED) is 0.902. The second kappa shape index (κ2) is 7.69. The van der Waals surface area contributed by atoms with E-state index in [1.807, 2.05) is 23.1 Å². The van der Waals surface area contributed by atoms with Crippen LogP contribution in [0.1, 0.15) is 44.1 Å². The number of carbonyl (C=O) groups is 2. The lowest BCUT2D eigenvalue weighted by Gasteiger charge is -2.34. The Balaban J connectivity index is 1.71. The van der Waals surface area contributed by atoms with Crippen LogP contribution < -0.4 is 5.73 Å². The Labute approximate surface area is 143 Å². The van der Waals surface area contributed by atoms with Crippen LogP contribution in [-0.2, 0) is 11.2 Å². The van der Waals surface area contributed by atoms with Gasteiger partial charge in [0.25, 0.3) is 0 Å². The fourth-order valence-corrected chi connectivity index (χ4v) is 4.06. The summed E-state index contributed by atoms with van der Waals surface area (Å²) >= 11 is 0. The Morgan fingerprint density at radius 1 is 1.08 bits per heavy atom. The molecule has 0 spiro atoms. The molecule has 3 amide bonds. The van der Waals surface area contributed by atoms with E-state index in [9.17, 15) is 9.59 Å². The van der Waals surface area contributed by atoms with Crippen molar-refractivity contribution in [3.63, 3.8) is 0 Å². The van der Waals surface area contributed by atoms with Crippen LogP contribution in [-0.4, -0.2) is 46.9 Å². The molecular formula is C19H27N3O2. The molecule has 2 aliphatic rings. The number of carbonyl (C=O) groups excluding carboxylic acids is 2. The normalized spacial score (nSPS) is 21.2. The van der Waals surface area contributed by atoms with Gasteiger partial charge in [0.05, 0.1) is 0 Å². The standard InChI is InChI=1S/C19H27N3O2/c20-19(24)22-13-6-11-17(22)18(23)21(16-9-4-5-10-16)14-12-15-7-2-1-3-8-15/h1-3,7-8,16-17H,4-6,9-14H2,(H2,20,24)/t17-/m0/s1. The van der Waals surface area contributed by atoms with Crippen LogP contribution in [0.5, 0.6) is 0 Å². The summed E-state index contributed by atoms with van der Waals surface area (Å²) < 4.78 is 0. The summed E-state index contributed by atoms with van der Waals surface area (Å²) in [4.78, 5) is 28.3. The van der Waals surface area contributed by atoms with E-state index >= 15 is 0 Å². The van der Waals surface area contributed by atoms with Crippen molar-refractivity contribution in [1.29, 1.82) is 0 Å². The molecule has 0 aromatic heterocycles. The Morgan fingerprint density at radius 2 is 1.79 bits per heavy atom. The van der Waals surface area contributed by atoms with Crippen molar-refractivity contribution >= 4 is 11.9 Å². The van der Waals surface area contributed by atoms with Gasteiger partial charge in [-0.3, -0.25) is 4.79 Å². The van der Waals surface area contributed by atoms with Gasteiger partial charge in [0.1, 0.15) is 6.04 Å². The number of primary amides is 1. The Bertz CT molecular complexity index is 569. The van der Waals surface area contributed by atoms with E-state index in [0.29, 0.717) is 12.6 Å². The zero-order valence-electron chi connectivity index (χ0n) is 14.2. The molecule has 1 aliphatic carbocycles. The number of nitrogens with two attached hydrogens (primary N) is 1. The van der Waals surface area contributed by atoms with Crippen molar-refractivity contribution in [1.82, 2.24) is 9.80 Å². The van der Waals surface area contributed by atoms with Crippen molar-refractivity contribution in [2.24, 2.45) is 5.73 Å². The molecule has 1 aromatic rings. The maximum atomic E-state index is 13.1. The highest BCUT2D eigenvalue weighted by molar-refractivity contribution is 5.87. The van der Waals surface area contributed by atoms with Crippen molar-refractivity contribution in [3.05, 3.63) is 35.9 Å². The first-order chi connectivity index (χ1) is 11.7. The number of hydrogen-bond acceptors (Lipinski definition) is 2. The van der Waals surface area contributed by atoms with Crippen molar-refractivity contribution in [2.45, 2.75) is 57.0 Å². The predicted molar refractivity (Wildman–Crippen MR) is 93.4 cm³/mol. The monoisotopic (exact) mass is 329 g/mol. The van der Waals surface area contributed by atoms with Gasteiger partial charge in [-0.2, -0.15) is 0 Å². The SMILES string of the molecule is NC(=O)N1CCC[C@H]1C(=O)N(CCc1ccccc1)C1CCCC1. The fraction of sp³-hybridized carbons (Fsp3) is 0.579. The molecule has 1 atom stereocenters. The predicted octanol–water partition coefficient (Wildman–Crippen LogP) is 2.54. The third-order valence-corrected chi connectivity index (χ3v) is 5.35. The Hall–Kier alpha value is -2.04. The molecule has 1 heterocycles. The van der Waals surface area contributed by atoms with Gasteiger partial charge in [-0.1, -0.05) is 43.2 Å². The second-order valence-corrected chi connectivity index (χ2v) is 6.90. The number of nitrogens with zero attached hydrogens (tertiary/aromatic N) is 2. The Kier molecular flexibility index (Phi) is 5.38. The Morgan fingerprint density at radius 3 is 2.46 bits per heavy atom. The van der Waals surface area contributed by atoms with Crippen LogP contribution in [0.3, 0.4) is 0 Å². The fourth-order valence-electron chi connectivity index (χ4n) is 4.06. The number of benzene rings is 1. The average molecular weight is 329 g/mol. The lowest BCUT2D eigenvalue weighted by atomic mass is 10.1. The highest BCUT2D eigenvalue weighted by Crippen LogP contribution is 2.27. The molecular weight excluding hydrogens is 302 g/mol. The van der Waals surface area contributed by atoms with Crippen LogP contribution in [0.25, 0.3) is 0 Å². The van der Waals surface area contributed by atoms with Crippen LogP contribution in [0, 0.1) is 0 Å². The van der Waals surface area contributed by atoms with Gasteiger partial charge in [0, 0.05) is 19.1 Å². The molecule has 3 rings (SSSR count). The van der Waals surface area contributed by atoms with E-state index in [0.717, 1.165) is 38.6 Å². The third-order valence-electron chi connectivity index (χ3n) is 5.35. The molecule has 0 radical (unpaired) electrons. The van der Waals surface area contributed by atoms with Gasteiger partial charge in [0.2, 0.25) is 5.91 Å². The van der Waals surface area contributed by atoms with Crippen molar-refractivity contribution < 1.29 is 9.59 Å². The first-order valence-corrected chi connectivity index (χ1v) is 9.07. The highest BCUT2D eigenvalue weighted by atomic mass is 16.2. The maximum Gasteiger partial charge on any atom is 0.315 e. The average Bonchev–Trinajstić information content (AvgIpc) is 3.27. The van der Waals surface area contributed by atoms with Crippen LogP contribution in [0.2, 0.25) is 0 Å². The molecule has 0 bridgehead atoms. The number of amides is 3. The minimum atomic E-state index is -0.472. The molecule has 1 saturated carbocycles. The van der Waals surface area contributed by atoms with E-state index in [2.05, 4.69) is 12.1 Å². The van der Waals surface area contributed by atoms with Gasteiger partial charge in [-0.25, -0.2) is 4.79 Å². The van der Waals surface area contributed by atoms with Gasteiger partial charge < -0.3 is 15.5 Å². The minimum absolute atomic E-state index is 0.0918. The van der Waals surface area contributed by atoms with E-state index in [1.54, 1.807) is 4.90 Å². The minimum Gasteiger partial charge on any atom is -0.351 e. The summed E-state index contributed by atoms with van der Waals surface area (Å²) in [5.74, 6) is 0.0918. The van der Waals surface area contributed by atoms with Crippen LogP contribution >= 0.6 is 0 Å². The van der Waals surface area contributed by atoms with Gasteiger partial charge in [-0.05, 0) is 37.7 Å². The molecule has 2 N–H and O–H groups in total. The van der Waals surface area contributed by atoms with E-state index < -0.39 is 6.03 Å². The van der Waals surface area contributed by atoms with Crippen molar-refractivity contribution in [3.8, 4) is 0 Å². The lowest BCUT2D eigenvalue weighted by Crippen LogP contribution is -2.52. The van der Waals surface area contributed by atoms with E-state index in [4.69, 9.17) is 5.73 Å². The summed E-state index contributed by atoms with van der Waals surface area (Å²) in [6.45, 7) is 1.32. The molecule has 24 heavy (non-hydrogen) atoms. The van der Waals surface area contributed by atoms with E-state index in [1.165, 1.54) is 18.4 Å². The smallest absolute Gasteiger partial charge is 0.315 e. The summed E-state index contributed by atoms with van der Waals surface area (Å²) in [6.07, 6.45) is 6.96. The van der Waals surface area contributed by atoms with E-state index in [-0.39, 0.29) is 11.9 Å². The zero-order chi connectivity index (χ0) is 16.9. The second-order valence-electron chi connectivity index (χ2n) is 6.90. The largest absolute Gasteiger partial charge is 0.351 e.